The number of halogens is 1. The first kappa shape index (κ1) is 12.1. The lowest BCUT2D eigenvalue weighted by Crippen LogP contribution is -2.03. The van der Waals surface area contributed by atoms with E-state index in [0.717, 1.165) is 24.2 Å². The summed E-state index contributed by atoms with van der Waals surface area (Å²) in [4.78, 5) is 0. The fourth-order valence-corrected chi connectivity index (χ4v) is 1.49. The third-order valence-corrected chi connectivity index (χ3v) is 2.30. The molecule has 0 fully saturated rings. The first-order valence-corrected chi connectivity index (χ1v) is 5.38. The Kier molecular flexibility index (Phi) is 5.22. The second-order valence-electron chi connectivity index (χ2n) is 3.23. The van der Waals surface area contributed by atoms with Gasteiger partial charge in [-0.25, -0.2) is 0 Å². The topological polar surface area (TPSA) is 35.2 Å². The number of rotatable bonds is 6. The zero-order valence-corrected chi connectivity index (χ0v) is 9.46. The van der Waals surface area contributed by atoms with E-state index in [9.17, 15) is 0 Å². The lowest BCUT2D eigenvalue weighted by atomic mass is 10.1. The lowest BCUT2D eigenvalue weighted by molar-refractivity contribution is 0.325. The standard InChI is InChI=1S/C12H16ClNO/c1-2-3-8-15-12-5-4-10(6-7-14)9-11(12)13/h2,4-5,9H,1,3,6-8,14H2. The smallest absolute Gasteiger partial charge is 0.137 e. The van der Waals surface area contributed by atoms with E-state index in [0.29, 0.717) is 18.2 Å². The molecule has 3 heteroatoms. The molecule has 0 amide bonds. The molecule has 0 aliphatic heterocycles. The second-order valence-corrected chi connectivity index (χ2v) is 3.64. The van der Waals surface area contributed by atoms with Gasteiger partial charge in [-0.15, -0.1) is 6.58 Å². The second kappa shape index (κ2) is 6.49. The Morgan fingerprint density at radius 1 is 1.47 bits per heavy atom. The van der Waals surface area contributed by atoms with Crippen LogP contribution in [0.3, 0.4) is 0 Å². The predicted molar refractivity (Wildman–Crippen MR) is 64.5 cm³/mol. The van der Waals surface area contributed by atoms with Crippen LogP contribution in [0.25, 0.3) is 0 Å². The summed E-state index contributed by atoms with van der Waals surface area (Å²) in [5, 5.41) is 0.644. The Balaban J connectivity index is 2.61. The highest BCUT2D eigenvalue weighted by Gasteiger charge is 2.02. The van der Waals surface area contributed by atoms with E-state index in [1.165, 1.54) is 0 Å². The van der Waals surface area contributed by atoms with Crippen molar-refractivity contribution in [2.24, 2.45) is 5.73 Å². The monoisotopic (exact) mass is 225 g/mol. The zero-order chi connectivity index (χ0) is 11.1. The van der Waals surface area contributed by atoms with Crippen molar-refractivity contribution in [3.8, 4) is 5.75 Å². The first-order valence-electron chi connectivity index (χ1n) is 5.00. The van der Waals surface area contributed by atoms with Gasteiger partial charge in [0.15, 0.2) is 0 Å². The summed E-state index contributed by atoms with van der Waals surface area (Å²) >= 11 is 6.05. The molecule has 0 saturated carbocycles. The largest absolute Gasteiger partial charge is 0.492 e. The Bertz CT molecular complexity index is 325. The van der Waals surface area contributed by atoms with Crippen molar-refractivity contribution in [3.63, 3.8) is 0 Å². The van der Waals surface area contributed by atoms with Crippen LogP contribution in [0.2, 0.25) is 5.02 Å². The van der Waals surface area contributed by atoms with Crippen molar-refractivity contribution in [2.45, 2.75) is 12.8 Å². The van der Waals surface area contributed by atoms with Crippen LogP contribution in [0.5, 0.6) is 5.75 Å². The van der Waals surface area contributed by atoms with Gasteiger partial charge in [-0.05, 0) is 37.1 Å². The van der Waals surface area contributed by atoms with E-state index in [1.807, 2.05) is 24.3 Å². The molecule has 0 bridgehead atoms. The molecule has 0 radical (unpaired) electrons. The zero-order valence-electron chi connectivity index (χ0n) is 8.71. The lowest BCUT2D eigenvalue weighted by Gasteiger charge is -2.08. The average Bonchev–Trinajstić information content (AvgIpc) is 2.22. The third kappa shape index (κ3) is 3.94. The highest BCUT2D eigenvalue weighted by atomic mass is 35.5. The molecule has 0 aromatic heterocycles. The highest BCUT2D eigenvalue weighted by Crippen LogP contribution is 2.25. The number of nitrogens with two attached hydrogens (primary N) is 1. The Hall–Kier alpha value is -0.990. The summed E-state index contributed by atoms with van der Waals surface area (Å²) in [6, 6.07) is 5.77. The average molecular weight is 226 g/mol. The molecule has 1 aromatic carbocycles. The molecule has 0 saturated heterocycles. The molecule has 82 valence electrons. The first-order chi connectivity index (χ1) is 7.27. The van der Waals surface area contributed by atoms with Gasteiger partial charge in [0.25, 0.3) is 0 Å². The van der Waals surface area contributed by atoms with Crippen molar-refractivity contribution in [1.29, 1.82) is 0 Å². The summed E-state index contributed by atoms with van der Waals surface area (Å²) in [5.74, 6) is 0.722. The molecule has 0 aliphatic carbocycles. The summed E-state index contributed by atoms with van der Waals surface area (Å²) in [6.07, 6.45) is 3.48. The Morgan fingerprint density at radius 2 is 2.27 bits per heavy atom. The van der Waals surface area contributed by atoms with Crippen LogP contribution in [0, 0.1) is 0 Å². The molecule has 0 spiro atoms. The van der Waals surface area contributed by atoms with E-state index < -0.39 is 0 Å². The number of ether oxygens (including phenoxy) is 1. The van der Waals surface area contributed by atoms with Crippen molar-refractivity contribution in [1.82, 2.24) is 0 Å². The Labute approximate surface area is 95.7 Å². The minimum atomic E-state index is 0.611. The fourth-order valence-electron chi connectivity index (χ4n) is 1.24. The van der Waals surface area contributed by atoms with Gasteiger partial charge in [0, 0.05) is 0 Å². The maximum absolute atomic E-state index is 6.05. The molecule has 0 heterocycles. The van der Waals surface area contributed by atoms with Crippen molar-refractivity contribution >= 4 is 11.6 Å². The maximum atomic E-state index is 6.05. The third-order valence-electron chi connectivity index (χ3n) is 2.01. The molecule has 2 N–H and O–H groups in total. The van der Waals surface area contributed by atoms with Crippen LogP contribution in [-0.2, 0) is 6.42 Å². The summed E-state index contributed by atoms with van der Waals surface area (Å²) in [5.41, 5.74) is 6.60. The van der Waals surface area contributed by atoms with E-state index in [1.54, 1.807) is 0 Å². The highest BCUT2D eigenvalue weighted by molar-refractivity contribution is 6.32. The van der Waals surface area contributed by atoms with Crippen molar-refractivity contribution < 1.29 is 4.74 Å². The van der Waals surface area contributed by atoms with Crippen LogP contribution in [0.4, 0.5) is 0 Å². The number of hydrogen-bond acceptors (Lipinski definition) is 2. The van der Waals surface area contributed by atoms with Gasteiger partial charge < -0.3 is 10.5 Å². The van der Waals surface area contributed by atoms with Gasteiger partial charge in [0.1, 0.15) is 5.75 Å². The van der Waals surface area contributed by atoms with Gasteiger partial charge >= 0.3 is 0 Å². The normalized spacial score (nSPS) is 10.0. The molecule has 1 aromatic rings. The van der Waals surface area contributed by atoms with Crippen molar-refractivity contribution in [2.75, 3.05) is 13.2 Å². The predicted octanol–water partition coefficient (Wildman–Crippen LogP) is 2.80. The molecule has 0 atom stereocenters. The van der Waals surface area contributed by atoms with E-state index in [-0.39, 0.29) is 0 Å². The summed E-state index contributed by atoms with van der Waals surface area (Å²) < 4.78 is 5.48. The van der Waals surface area contributed by atoms with Crippen LogP contribution < -0.4 is 10.5 Å². The SMILES string of the molecule is C=CCCOc1ccc(CCN)cc1Cl. The van der Waals surface area contributed by atoms with Crippen LogP contribution in [0.15, 0.2) is 30.9 Å². The van der Waals surface area contributed by atoms with Crippen LogP contribution >= 0.6 is 11.6 Å². The summed E-state index contributed by atoms with van der Waals surface area (Å²) in [6.45, 7) is 4.87. The molecular weight excluding hydrogens is 210 g/mol. The molecule has 2 nitrogen and oxygen atoms in total. The number of benzene rings is 1. The molecule has 0 aliphatic rings. The quantitative estimate of drug-likeness (QED) is 0.597. The minimum Gasteiger partial charge on any atom is -0.492 e. The van der Waals surface area contributed by atoms with Crippen LogP contribution in [-0.4, -0.2) is 13.2 Å². The van der Waals surface area contributed by atoms with Crippen molar-refractivity contribution in [3.05, 3.63) is 41.4 Å². The fraction of sp³-hybridized carbons (Fsp3) is 0.333. The van der Waals surface area contributed by atoms with Gasteiger partial charge in [0.2, 0.25) is 0 Å². The molecule has 1 rings (SSSR count). The van der Waals surface area contributed by atoms with Gasteiger partial charge in [-0.2, -0.15) is 0 Å². The minimum absolute atomic E-state index is 0.611. The molecule has 15 heavy (non-hydrogen) atoms. The van der Waals surface area contributed by atoms with E-state index in [4.69, 9.17) is 22.1 Å². The van der Waals surface area contributed by atoms with Crippen LogP contribution in [0.1, 0.15) is 12.0 Å². The number of hydrogen-bond donors (Lipinski definition) is 1. The van der Waals surface area contributed by atoms with Gasteiger partial charge in [-0.1, -0.05) is 23.7 Å². The van der Waals surface area contributed by atoms with Gasteiger partial charge in [-0.3, -0.25) is 0 Å². The van der Waals surface area contributed by atoms with E-state index in [2.05, 4.69) is 6.58 Å². The van der Waals surface area contributed by atoms with E-state index >= 15 is 0 Å². The Morgan fingerprint density at radius 3 is 2.87 bits per heavy atom. The summed E-state index contributed by atoms with van der Waals surface area (Å²) in [7, 11) is 0. The maximum Gasteiger partial charge on any atom is 0.137 e. The van der Waals surface area contributed by atoms with Gasteiger partial charge in [0.05, 0.1) is 11.6 Å². The molecular formula is C12H16ClNO. The molecule has 0 unspecified atom stereocenters.